The summed E-state index contributed by atoms with van der Waals surface area (Å²) >= 11 is 6.57. The van der Waals surface area contributed by atoms with Gasteiger partial charge in [-0.3, -0.25) is 0 Å². The Morgan fingerprint density at radius 1 is 1.21 bits per heavy atom. The number of benzene rings is 2. The predicted octanol–water partition coefficient (Wildman–Crippen LogP) is 4.94. The minimum Gasteiger partial charge on any atom is -0.507 e. The molecule has 1 aliphatic heterocycles. The Morgan fingerprint density at radius 2 is 1.88 bits per heavy atom. The molecule has 0 saturated heterocycles. The van der Waals surface area contributed by atoms with Gasteiger partial charge < -0.3 is 14.9 Å². The molecular weight excluding hydrogens is 320 g/mol. The summed E-state index contributed by atoms with van der Waals surface area (Å²) in [7, 11) is 4.07. The van der Waals surface area contributed by atoms with Crippen molar-refractivity contribution in [2.45, 2.75) is 44.5 Å². The number of anilines is 2. The highest BCUT2D eigenvalue weighted by Crippen LogP contribution is 2.49. The molecule has 3 rings (SSSR count). The van der Waals surface area contributed by atoms with Gasteiger partial charge in [-0.15, -0.1) is 11.6 Å². The Bertz CT molecular complexity index is 777. The topological polar surface area (TPSA) is 26.7 Å². The molecule has 1 aliphatic rings. The second-order valence-electron chi connectivity index (χ2n) is 8.02. The van der Waals surface area contributed by atoms with Gasteiger partial charge in [0.25, 0.3) is 0 Å². The summed E-state index contributed by atoms with van der Waals surface area (Å²) in [4.78, 5) is 4.46. The van der Waals surface area contributed by atoms with Gasteiger partial charge in [-0.1, -0.05) is 0 Å². The zero-order chi connectivity index (χ0) is 17.8. The number of rotatable bonds is 2. The summed E-state index contributed by atoms with van der Waals surface area (Å²) in [6.07, 6.45) is 0. The quantitative estimate of drug-likeness (QED) is 0.780. The van der Waals surface area contributed by atoms with Crippen molar-refractivity contribution >= 4 is 33.7 Å². The zero-order valence-electron chi connectivity index (χ0n) is 15.4. The average Bonchev–Trinajstić information content (AvgIpc) is 2.86. The molecule has 130 valence electrons. The Balaban J connectivity index is 2.34. The van der Waals surface area contributed by atoms with Crippen molar-refractivity contribution in [3.63, 3.8) is 0 Å². The molecule has 2 aromatic rings. The highest BCUT2D eigenvalue weighted by Gasteiger charge is 2.38. The highest BCUT2D eigenvalue weighted by atomic mass is 35.5. The fraction of sp³-hybridized carbons (Fsp3) is 0.500. The van der Waals surface area contributed by atoms with Crippen molar-refractivity contribution in [1.29, 1.82) is 0 Å². The minimum absolute atomic E-state index is 0.0193. The third-order valence-electron chi connectivity index (χ3n) is 5.04. The number of halogens is 1. The predicted molar refractivity (Wildman–Crippen MR) is 105 cm³/mol. The molecule has 2 unspecified atom stereocenters. The van der Waals surface area contributed by atoms with Crippen LogP contribution >= 0.6 is 11.6 Å². The molecule has 0 saturated carbocycles. The van der Waals surface area contributed by atoms with E-state index >= 15 is 0 Å². The van der Waals surface area contributed by atoms with Crippen molar-refractivity contribution < 1.29 is 5.11 Å². The van der Waals surface area contributed by atoms with Crippen molar-refractivity contribution in [1.82, 2.24) is 0 Å². The SMILES string of the molecule is CC(Cl)C1CN(C(C)(C)C)c2cc(O)c3ccc(N(C)C)cc3c21. The van der Waals surface area contributed by atoms with Gasteiger partial charge in [0.1, 0.15) is 5.75 Å². The van der Waals surface area contributed by atoms with E-state index in [1.54, 1.807) is 0 Å². The van der Waals surface area contributed by atoms with Gasteiger partial charge in [0.2, 0.25) is 0 Å². The Kier molecular flexibility index (Phi) is 4.11. The molecule has 2 aromatic carbocycles. The van der Waals surface area contributed by atoms with Crippen LogP contribution in [0.25, 0.3) is 10.8 Å². The third kappa shape index (κ3) is 2.69. The second-order valence-corrected chi connectivity index (χ2v) is 8.71. The number of aromatic hydroxyl groups is 1. The second kappa shape index (κ2) is 5.73. The summed E-state index contributed by atoms with van der Waals surface area (Å²) in [5, 5.41) is 12.6. The largest absolute Gasteiger partial charge is 0.507 e. The van der Waals surface area contributed by atoms with Crippen LogP contribution in [-0.2, 0) is 0 Å². The van der Waals surface area contributed by atoms with Crippen LogP contribution in [0.1, 0.15) is 39.2 Å². The van der Waals surface area contributed by atoms with Gasteiger partial charge in [-0.25, -0.2) is 0 Å². The Labute approximate surface area is 149 Å². The fourth-order valence-corrected chi connectivity index (χ4v) is 3.89. The van der Waals surface area contributed by atoms with E-state index in [9.17, 15) is 5.11 Å². The molecule has 0 aliphatic carbocycles. The van der Waals surface area contributed by atoms with E-state index in [2.05, 4.69) is 43.6 Å². The first kappa shape index (κ1) is 17.2. The summed E-state index contributed by atoms with van der Waals surface area (Å²) in [5.41, 5.74) is 3.49. The van der Waals surface area contributed by atoms with Crippen molar-refractivity contribution in [3.8, 4) is 5.75 Å². The maximum atomic E-state index is 10.6. The van der Waals surface area contributed by atoms with Crippen molar-refractivity contribution in [3.05, 3.63) is 29.8 Å². The molecule has 0 radical (unpaired) electrons. The van der Waals surface area contributed by atoms with Gasteiger partial charge >= 0.3 is 0 Å². The fourth-order valence-electron chi connectivity index (χ4n) is 3.69. The molecule has 0 fully saturated rings. The number of hydrogen-bond acceptors (Lipinski definition) is 3. The van der Waals surface area contributed by atoms with E-state index in [4.69, 9.17) is 11.6 Å². The van der Waals surface area contributed by atoms with Crippen LogP contribution in [0.15, 0.2) is 24.3 Å². The van der Waals surface area contributed by atoms with Crippen LogP contribution in [0, 0.1) is 0 Å². The van der Waals surface area contributed by atoms with Crippen LogP contribution in [-0.4, -0.2) is 36.7 Å². The summed E-state index contributed by atoms with van der Waals surface area (Å²) in [6.45, 7) is 9.56. The van der Waals surface area contributed by atoms with Crippen LogP contribution < -0.4 is 9.80 Å². The summed E-state index contributed by atoms with van der Waals surface area (Å²) in [5.74, 6) is 0.590. The molecule has 0 aromatic heterocycles. The molecule has 2 atom stereocenters. The smallest absolute Gasteiger partial charge is 0.125 e. The molecular formula is C20H27ClN2O. The van der Waals surface area contributed by atoms with E-state index in [-0.39, 0.29) is 16.8 Å². The zero-order valence-corrected chi connectivity index (χ0v) is 16.1. The van der Waals surface area contributed by atoms with Gasteiger partial charge in [-0.05, 0) is 56.8 Å². The number of fused-ring (bicyclic) bond motifs is 3. The summed E-state index contributed by atoms with van der Waals surface area (Å²) < 4.78 is 0. The first-order valence-corrected chi connectivity index (χ1v) is 8.93. The lowest BCUT2D eigenvalue weighted by Gasteiger charge is -2.35. The van der Waals surface area contributed by atoms with Gasteiger partial charge in [0, 0.05) is 60.3 Å². The van der Waals surface area contributed by atoms with Crippen LogP contribution in [0.3, 0.4) is 0 Å². The highest BCUT2D eigenvalue weighted by molar-refractivity contribution is 6.21. The van der Waals surface area contributed by atoms with Crippen LogP contribution in [0.4, 0.5) is 11.4 Å². The molecule has 24 heavy (non-hydrogen) atoms. The molecule has 1 heterocycles. The monoisotopic (exact) mass is 346 g/mol. The van der Waals surface area contributed by atoms with Crippen molar-refractivity contribution in [2.75, 3.05) is 30.4 Å². The van der Waals surface area contributed by atoms with Crippen LogP contribution in [0.5, 0.6) is 5.75 Å². The number of phenolic OH excluding ortho intramolecular Hbond substituents is 1. The molecule has 0 bridgehead atoms. The number of nitrogens with zero attached hydrogens (tertiary/aromatic N) is 2. The Hall–Kier alpha value is -1.61. The van der Waals surface area contributed by atoms with Gasteiger partial charge in [0.05, 0.1) is 0 Å². The van der Waals surface area contributed by atoms with Gasteiger partial charge in [0.15, 0.2) is 0 Å². The maximum absolute atomic E-state index is 10.6. The average molecular weight is 347 g/mol. The lowest BCUT2D eigenvalue weighted by Crippen LogP contribution is -2.41. The van der Waals surface area contributed by atoms with E-state index in [0.29, 0.717) is 5.75 Å². The van der Waals surface area contributed by atoms with Crippen molar-refractivity contribution in [2.24, 2.45) is 0 Å². The lowest BCUT2D eigenvalue weighted by atomic mass is 9.92. The first-order chi connectivity index (χ1) is 11.1. The Morgan fingerprint density at radius 3 is 2.42 bits per heavy atom. The van der Waals surface area contributed by atoms with E-state index < -0.39 is 0 Å². The molecule has 0 spiro atoms. The minimum atomic E-state index is -0.0193. The first-order valence-electron chi connectivity index (χ1n) is 8.50. The molecule has 0 amide bonds. The summed E-state index contributed by atoms with van der Waals surface area (Å²) in [6, 6.07) is 8.14. The van der Waals surface area contributed by atoms with Crippen LogP contribution in [0.2, 0.25) is 0 Å². The van der Waals surface area contributed by atoms with E-state index in [1.165, 1.54) is 5.56 Å². The van der Waals surface area contributed by atoms with Gasteiger partial charge in [-0.2, -0.15) is 0 Å². The molecule has 4 heteroatoms. The number of alkyl halides is 1. The third-order valence-corrected chi connectivity index (χ3v) is 5.34. The lowest BCUT2D eigenvalue weighted by molar-refractivity contribution is 0.479. The standard InChI is InChI=1S/C20H27ClN2O/c1-12(21)16-11-23(20(2,3)4)17-10-18(24)14-8-7-13(22(5)6)9-15(14)19(16)17/h7-10,12,16,24H,11H2,1-6H3. The number of phenols is 1. The van der Waals surface area contributed by atoms with E-state index in [0.717, 1.165) is 28.7 Å². The number of hydrogen-bond donors (Lipinski definition) is 1. The van der Waals surface area contributed by atoms with E-state index in [1.807, 2.05) is 32.3 Å². The normalized spacial score (nSPS) is 18.8. The molecule has 3 nitrogen and oxygen atoms in total. The molecule has 1 N–H and O–H groups in total. The maximum Gasteiger partial charge on any atom is 0.125 e.